The number of rotatable bonds is 3. The molecule has 2 aliphatic carbocycles. The van der Waals surface area contributed by atoms with E-state index in [9.17, 15) is 4.79 Å². The summed E-state index contributed by atoms with van der Waals surface area (Å²) in [5.41, 5.74) is 0.186. The topological polar surface area (TPSA) is 29.1 Å². The third-order valence-electron chi connectivity index (χ3n) is 5.31. The fourth-order valence-corrected chi connectivity index (χ4v) is 4.74. The molecule has 2 nitrogen and oxygen atoms in total. The molecule has 2 saturated carbocycles. The molecule has 0 saturated heterocycles. The van der Waals surface area contributed by atoms with Gasteiger partial charge in [0, 0.05) is 16.8 Å². The van der Waals surface area contributed by atoms with Crippen LogP contribution in [-0.2, 0) is 4.79 Å². The Bertz CT molecular complexity index is 342. The van der Waals surface area contributed by atoms with Crippen LogP contribution < -0.4 is 5.32 Å². The van der Waals surface area contributed by atoms with Crippen LogP contribution in [0.3, 0.4) is 0 Å². The molecule has 3 unspecified atom stereocenters. The van der Waals surface area contributed by atoms with Crippen molar-refractivity contribution in [3.05, 3.63) is 0 Å². The first-order valence-corrected chi connectivity index (χ1v) is 8.89. The number of alkyl halides is 1. The summed E-state index contributed by atoms with van der Waals surface area (Å²) >= 11 is 3.65. The predicted molar refractivity (Wildman–Crippen MR) is 83.4 cm³/mol. The first-order valence-electron chi connectivity index (χ1n) is 7.77. The Morgan fingerprint density at radius 2 is 1.95 bits per heavy atom. The number of nitrogens with one attached hydrogen (secondary N) is 1. The smallest absolute Gasteiger partial charge is 0.224 e. The van der Waals surface area contributed by atoms with Gasteiger partial charge in [0.2, 0.25) is 5.91 Å². The van der Waals surface area contributed by atoms with Crippen molar-refractivity contribution in [2.24, 2.45) is 17.3 Å². The van der Waals surface area contributed by atoms with Gasteiger partial charge in [0.1, 0.15) is 0 Å². The molecule has 110 valence electrons. The normalized spacial score (nSPS) is 38.1. The van der Waals surface area contributed by atoms with Crippen LogP contribution in [0, 0.1) is 17.3 Å². The Hall–Kier alpha value is -0.0500. The standard InChI is InChI=1S/C16H28BrNO/c1-12-6-4-9-16(10-12,11-17)18-14(19)13-7-5-8-15(13,2)3/h12-13H,4-11H2,1-3H3,(H,18,19). The highest BCUT2D eigenvalue weighted by Crippen LogP contribution is 2.43. The molecule has 2 aliphatic rings. The Morgan fingerprint density at radius 3 is 2.47 bits per heavy atom. The zero-order valence-electron chi connectivity index (χ0n) is 12.6. The summed E-state index contributed by atoms with van der Waals surface area (Å²) in [6, 6.07) is 0. The van der Waals surface area contributed by atoms with Crippen molar-refractivity contribution in [3.8, 4) is 0 Å². The van der Waals surface area contributed by atoms with Crippen LogP contribution >= 0.6 is 15.9 Å². The number of carbonyl (C=O) groups excluding carboxylic acids is 1. The minimum atomic E-state index is 0.00736. The Labute approximate surface area is 126 Å². The van der Waals surface area contributed by atoms with E-state index in [1.54, 1.807) is 0 Å². The van der Waals surface area contributed by atoms with Crippen molar-refractivity contribution in [1.82, 2.24) is 5.32 Å². The number of hydrogen-bond donors (Lipinski definition) is 1. The van der Waals surface area contributed by atoms with E-state index in [1.165, 1.54) is 25.7 Å². The Balaban J connectivity index is 2.04. The molecule has 0 radical (unpaired) electrons. The van der Waals surface area contributed by atoms with E-state index in [0.29, 0.717) is 5.91 Å². The van der Waals surface area contributed by atoms with Gasteiger partial charge in [-0.15, -0.1) is 0 Å². The number of amides is 1. The number of halogens is 1. The van der Waals surface area contributed by atoms with Crippen molar-refractivity contribution < 1.29 is 4.79 Å². The summed E-state index contributed by atoms with van der Waals surface area (Å²) < 4.78 is 0. The molecule has 3 atom stereocenters. The van der Waals surface area contributed by atoms with E-state index in [2.05, 4.69) is 42.0 Å². The Kier molecular flexibility index (Phi) is 4.64. The van der Waals surface area contributed by atoms with Gasteiger partial charge >= 0.3 is 0 Å². The van der Waals surface area contributed by atoms with Crippen molar-refractivity contribution in [1.29, 1.82) is 0 Å². The Morgan fingerprint density at radius 1 is 1.26 bits per heavy atom. The third-order valence-corrected chi connectivity index (χ3v) is 6.38. The van der Waals surface area contributed by atoms with Crippen LogP contribution in [0.5, 0.6) is 0 Å². The van der Waals surface area contributed by atoms with Gasteiger partial charge in [-0.05, 0) is 37.0 Å². The summed E-state index contributed by atoms with van der Waals surface area (Å²) in [5.74, 6) is 1.24. The summed E-state index contributed by atoms with van der Waals surface area (Å²) in [7, 11) is 0. The fraction of sp³-hybridized carbons (Fsp3) is 0.938. The minimum Gasteiger partial charge on any atom is -0.350 e. The van der Waals surface area contributed by atoms with Crippen LogP contribution in [0.4, 0.5) is 0 Å². The highest BCUT2D eigenvalue weighted by atomic mass is 79.9. The molecule has 3 heteroatoms. The summed E-state index contributed by atoms with van der Waals surface area (Å²) in [6.45, 7) is 6.80. The molecular weight excluding hydrogens is 302 g/mol. The second-order valence-electron chi connectivity index (χ2n) is 7.54. The number of hydrogen-bond acceptors (Lipinski definition) is 1. The van der Waals surface area contributed by atoms with Crippen molar-refractivity contribution in [3.63, 3.8) is 0 Å². The monoisotopic (exact) mass is 329 g/mol. The van der Waals surface area contributed by atoms with Crippen molar-refractivity contribution >= 4 is 21.8 Å². The highest BCUT2D eigenvalue weighted by molar-refractivity contribution is 9.09. The lowest BCUT2D eigenvalue weighted by Crippen LogP contribution is -2.55. The van der Waals surface area contributed by atoms with Crippen LogP contribution in [0.2, 0.25) is 0 Å². The van der Waals surface area contributed by atoms with Crippen LogP contribution in [0.15, 0.2) is 0 Å². The lowest BCUT2D eigenvalue weighted by molar-refractivity contribution is -0.129. The maximum atomic E-state index is 12.7. The van der Waals surface area contributed by atoms with Crippen LogP contribution in [-0.4, -0.2) is 16.8 Å². The quantitative estimate of drug-likeness (QED) is 0.769. The molecule has 2 rings (SSSR count). The highest BCUT2D eigenvalue weighted by Gasteiger charge is 2.43. The second-order valence-corrected chi connectivity index (χ2v) is 8.10. The lowest BCUT2D eigenvalue weighted by atomic mass is 9.76. The van der Waals surface area contributed by atoms with E-state index in [0.717, 1.165) is 30.5 Å². The zero-order valence-corrected chi connectivity index (χ0v) is 14.2. The lowest BCUT2D eigenvalue weighted by Gasteiger charge is -2.41. The fourth-order valence-electron chi connectivity index (χ4n) is 4.09. The van der Waals surface area contributed by atoms with Crippen molar-refractivity contribution in [2.45, 2.75) is 71.3 Å². The molecule has 0 heterocycles. The summed E-state index contributed by atoms with van der Waals surface area (Å²) in [4.78, 5) is 12.7. The molecule has 0 spiro atoms. The predicted octanol–water partition coefficient (Wildman–Crippen LogP) is 4.27. The minimum absolute atomic E-state index is 0.00736. The molecule has 2 fully saturated rings. The van der Waals surface area contributed by atoms with Crippen molar-refractivity contribution in [2.75, 3.05) is 5.33 Å². The molecule has 0 aromatic carbocycles. The first kappa shape index (κ1) is 15.3. The van der Waals surface area contributed by atoms with Crippen LogP contribution in [0.1, 0.15) is 65.7 Å². The first-order chi connectivity index (χ1) is 8.88. The van der Waals surface area contributed by atoms with E-state index >= 15 is 0 Å². The average molecular weight is 330 g/mol. The van der Waals surface area contributed by atoms with Gasteiger partial charge in [0.25, 0.3) is 0 Å². The van der Waals surface area contributed by atoms with Gasteiger partial charge in [-0.3, -0.25) is 4.79 Å². The van der Waals surface area contributed by atoms with Gasteiger partial charge in [-0.1, -0.05) is 56.0 Å². The molecular formula is C16H28BrNO. The third kappa shape index (κ3) is 3.34. The van der Waals surface area contributed by atoms with Gasteiger partial charge in [0.05, 0.1) is 0 Å². The maximum Gasteiger partial charge on any atom is 0.224 e. The molecule has 1 N–H and O–H groups in total. The maximum absolute atomic E-state index is 12.7. The molecule has 19 heavy (non-hydrogen) atoms. The molecule has 1 amide bonds. The SMILES string of the molecule is CC1CCCC(CBr)(NC(=O)C2CCCC2(C)C)C1. The van der Waals surface area contributed by atoms with E-state index in [1.807, 2.05) is 0 Å². The summed E-state index contributed by atoms with van der Waals surface area (Å²) in [6.07, 6.45) is 8.23. The molecule has 0 aliphatic heterocycles. The van der Waals surface area contributed by atoms with Gasteiger partial charge in [-0.2, -0.15) is 0 Å². The van der Waals surface area contributed by atoms with Gasteiger partial charge in [0.15, 0.2) is 0 Å². The van der Waals surface area contributed by atoms with E-state index in [-0.39, 0.29) is 16.9 Å². The van der Waals surface area contributed by atoms with Gasteiger partial charge in [-0.25, -0.2) is 0 Å². The molecule has 0 bridgehead atoms. The van der Waals surface area contributed by atoms with E-state index in [4.69, 9.17) is 0 Å². The van der Waals surface area contributed by atoms with Crippen LogP contribution in [0.25, 0.3) is 0 Å². The second kappa shape index (κ2) is 5.75. The molecule has 0 aromatic heterocycles. The van der Waals surface area contributed by atoms with E-state index < -0.39 is 0 Å². The molecule has 0 aromatic rings. The number of carbonyl (C=O) groups is 1. The zero-order chi connectivity index (χ0) is 14.1. The average Bonchev–Trinajstić information content (AvgIpc) is 2.69. The van der Waals surface area contributed by atoms with Gasteiger partial charge < -0.3 is 5.32 Å². The largest absolute Gasteiger partial charge is 0.350 e. The summed E-state index contributed by atoms with van der Waals surface area (Å²) in [5, 5.41) is 4.32.